The number of benzene rings is 1. The Morgan fingerprint density at radius 1 is 1.24 bits per heavy atom. The van der Waals surface area contributed by atoms with Crippen molar-refractivity contribution in [3.8, 4) is 0 Å². The molecule has 0 amide bonds. The first kappa shape index (κ1) is 13.6. The molecule has 0 saturated heterocycles. The molecule has 1 aromatic carbocycles. The Labute approximate surface area is 119 Å². The fourth-order valence-corrected chi connectivity index (χ4v) is 4.83. The van der Waals surface area contributed by atoms with Gasteiger partial charge in [0, 0.05) is 10.5 Å². The third-order valence-corrected chi connectivity index (χ3v) is 5.56. The van der Waals surface area contributed by atoms with E-state index in [1.807, 2.05) is 0 Å². The molecule has 1 fully saturated rings. The molecule has 1 saturated carbocycles. The highest BCUT2D eigenvalue weighted by Crippen LogP contribution is 2.33. The van der Waals surface area contributed by atoms with E-state index in [0.717, 1.165) is 19.3 Å². The molecule has 0 spiro atoms. The summed E-state index contributed by atoms with van der Waals surface area (Å²) in [5, 5.41) is 0.243. The van der Waals surface area contributed by atoms with Crippen LogP contribution in [0.5, 0.6) is 0 Å². The van der Waals surface area contributed by atoms with E-state index in [1.165, 1.54) is 12.1 Å². The highest BCUT2D eigenvalue weighted by molar-refractivity contribution is 9.10. The summed E-state index contributed by atoms with van der Waals surface area (Å²) in [7, 11) is -3.63. The molecule has 0 aromatic heterocycles. The summed E-state index contributed by atoms with van der Waals surface area (Å²) < 4.78 is 27.4. The van der Waals surface area contributed by atoms with Gasteiger partial charge in [-0.3, -0.25) is 0 Å². The average Bonchev–Trinajstić information content (AvgIpc) is 2.09. The van der Waals surface area contributed by atoms with Crippen LogP contribution in [0.2, 0.25) is 10.0 Å². The third-order valence-electron chi connectivity index (χ3n) is 2.66. The summed E-state index contributed by atoms with van der Waals surface area (Å²) >= 11 is 15.1. The van der Waals surface area contributed by atoms with E-state index in [9.17, 15) is 8.42 Å². The zero-order valence-corrected chi connectivity index (χ0v) is 12.6. The summed E-state index contributed by atoms with van der Waals surface area (Å²) in [4.78, 5) is -0.0454. The monoisotopic (exact) mass is 357 g/mol. The van der Waals surface area contributed by atoms with Gasteiger partial charge >= 0.3 is 0 Å². The van der Waals surface area contributed by atoms with Gasteiger partial charge in [-0.25, -0.2) is 13.1 Å². The summed E-state index contributed by atoms with van der Waals surface area (Å²) in [6.07, 6.45) is 2.78. The van der Waals surface area contributed by atoms with Crippen LogP contribution >= 0.6 is 39.1 Å². The average molecular weight is 359 g/mol. The van der Waals surface area contributed by atoms with Gasteiger partial charge in [-0.2, -0.15) is 0 Å². The van der Waals surface area contributed by atoms with Crippen molar-refractivity contribution < 1.29 is 8.42 Å². The molecule has 17 heavy (non-hydrogen) atoms. The Balaban J connectivity index is 2.38. The molecule has 0 aliphatic heterocycles. The Hall–Kier alpha value is 0.190. The van der Waals surface area contributed by atoms with E-state index in [4.69, 9.17) is 23.2 Å². The van der Waals surface area contributed by atoms with Crippen molar-refractivity contribution in [2.24, 2.45) is 0 Å². The first-order chi connectivity index (χ1) is 7.90. The van der Waals surface area contributed by atoms with Gasteiger partial charge in [0.1, 0.15) is 4.90 Å². The first-order valence-corrected chi connectivity index (χ1v) is 8.10. The largest absolute Gasteiger partial charge is 0.243 e. The summed E-state index contributed by atoms with van der Waals surface area (Å²) in [6.45, 7) is 0. The van der Waals surface area contributed by atoms with E-state index in [0.29, 0.717) is 4.47 Å². The van der Waals surface area contributed by atoms with E-state index in [2.05, 4.69) is 20.7 Å². The number of hydrogen-bond donors (Lipinski definition) is 1. The van der Waals surface area contributed by atoms with E-state index in [1.54, 1.807) is 0 Å². The molecule has 1 N–H and O–H groups in total. The van der Waals surface area contributed by atoms with Crippen molar-refractivity contribution in [3.63, 3.8) is 0 Å². The van der Waals surface area contributed by atoms with Crippen LogP contribution in [0.3, 0.4) is 0 Å². The highest BCUT2D eigenvalue weighted by atomic mass is 79.9. The molecule has 0 heterocycles. The van der Waals surface area contributed by atoms with Crippen LogP contribution in [-0.2, 0) is 10.0 Å². The van der Waals surface area contributed by atoms with Crippen molar-refractivity contribution in [2.45, 2.75) is 30.2 Å². The van der Waals surface area contributed by atoms with Crippen LogP contribution in [0.4, 0.5) is 0 Å². The van der Waals surface area contributed by atoms with E-state index in [-0.39, 0.29) is 21.0 Å². The topological polar surface area (TPSA) is 46.2 Å². The lowest BCUT2D eigenvalue weighted by atomic mass is 9.94. The summed E-state index contributed by atoms with van der Waals surface area (Å²) in [5.74, 6) is 0. The van der Waals surface area contributed by atoms with Crippen LogP contribution in [0.25, 0.3) is 0 Å². The fraction of sp³-hybridized carbons (Fsp3) is 0.400. The van der Waals surface area contributed by atoms with Crippen LogP contribution < -0.4 is 4.72 Å². The maximum absolute atomic E-state index is 12.1. The molecule has 0 unspecified atom stereocenters. The van der Waals surface area contributed by atoms with Crippen LogP contribution in [-0.4, -0.2) is 14.5 Å². The quantitative estimate of drug-likeness (QED) is 0.897. The number of sulfonamides is 1. The zero-order chi connectivity index (χ0) is 12.6. The zero-order valence-electron chi connectivity index (χ0n) is 8.71. The molecule has 3 nitrogen and oxygen atoms in total. The minimum absolute atomic E-state index is 0.00998. The lowest BCUT2D eigenvalue weighted by molar-refractivity contribution is 0.383. The molecule has 2 rings (SSSR count). The SMILES string of the molecule is O=S(=O)(NC1CCC1)c1c(Cl)cc(Br)cc1Cl. The third kappa shape index (κ3) is 2.96. The molecular weight excluding hydrogens is 349 g/mol. The summed E-state index contributed by atoms with van der Waals surface area (Å²) in [6, 6.07) is 3.04. The standard InChI is InChI=1S/C10H10BrCl2NO2S/c11-6-4-8(12)10(9(13)5-6)17(15,16)14-7-2-1-3-7/h4-5,7,14H,1-3H2. The van der Waals surface area contributed by atoms with Gasteiger partial charge in [-0.1, -0.05) is 45.6 Å². The molecule has 7 heteroatoms. The second-order valence-corrected chi connectivity index (χ2v) is 7.33. The van der Waals surface area contributed by atoms with Gasteiger partial charge in [0.05, 0.1) is 10.0 Å². The highest BCUT2D eigenvalue weighted by Gasteiger charge is 2.28. The van der Waals surface area contributed by atoms with Gasteiger partial charge in [0.2, 0.25) is 10.0 Å². The maximum Gasteiger partial charge on any atom is 0.243 e. The molecule has 1 aliphatic rings. The number of rotatable bonds is 3. The number of hydrogen-bond acceptors (Lipinski definition) is 2. The molecule has 1 aliphatic carbocycles. The predicted molar refractivity (Wildman–Crippen MR) is 72.1 cm³/mol. The van der Waals surface area contributed by atoms with Crippen molar-refractivity contribution in [1.82, 2.24) is 4.72 Å². The second kappa shape index (κ2) is 5.05. The van der Waals surface area contributed by atoms with Gasteiger partial charge in [0.15, 0.2) is 0 Å². The lowest BCUT2D eigenvalue weighted by Gasteiger charge is -2.26. The van der Waals surface area contributed by atoms with Crippen molar-refractivity contribution in [3.05, 3.63) is 26.7 Å². The lowest BCUT2D eigenvalue weighted by Crippen LogP contribution is -2.39. The first-order valence-electron chi connectivity index (χ1n) is 5.07. The van der Waals surface area contributed by atoms with Crippen molar-refractivity contribution in [1.29, 1.82) is 0 Å². The molecule has 1 aromatic rings. The smallest absolute Gasteiger partial charge is 0.208 e. The normalized spacial score (nSPS) is 16.9. The van der Waals surface area contributed by atoms with Gasteiger partial charge < -0.3 is 0 Å². The minimum atomic E-state index is -3.63. The molecule has 94 valence electrons. The van der Waals surface area contributed by atoms with E-state index < -0.39 is 10.0 Å². The van der Waals surface area contributed by atoms with Crippen molar-refractivity contribution >= 4 is 49.2 Å². The molecule has 0 radical (unpaired) electrons. The Morgan fingerprint density at radius 3 is 2.18 bits per heavy atom. The number of halogens is 3. The van der Waals surface area contributed by atoms with Crippen molar-refractivity contribution in [2.75, 3.05) is 0 Å². The van der Waals surface area contributed by atoms with Crippen LogP contribution in [0.1, 0.15) is 19.3 Å². The van der Waals surface area contributed by atoms with Crippen LogP contribution in [0.15, 0.2) is 21.5 Å². The van der Waals surface area contributed by atoms with Crippen LogP contribution in [0, 0.1) is 0 Å². The van der Waals surface area contributed by atoms with E-state index >= 15 is 0 Å². The Kier molecular flexibility index (Phi) is 4.05. The van der Waals surface area contributed by atoms with Gasteiger partial charge in [-0.05, 0) is 25.0 Å². The molecular formula is C10H10BrCl2NO2S. The summed E-state index contributed by atoms with van der Waals surface area (Å²) in [5.41, 5.74) is 0. The Bertz CT molecular complexity index is 520. The molecule has 0 bridgehead atoms. The Morgan fingerprint density at radius 2 is 1.76 bits per heavy atom. The molecule has 0 atom stereocenters. The fourth-order valence-electron chi connectivity index (χ4n) is 1.59. The number of nitrogens with one attached hydrogen (secondary N) is 1. The van der Waals surface area contributed by atoms with Gasteiger partial charge in [0.25, 0.3) is 0 Å². The predicted octanol–water partition coefficient (Wildman–Crippen LogP) is 3.59. The van der Waals surface area contributed by atoms with Gasteiger partial charge in [-0.15, -0.1) is 0 Å². The minimum Gasteiger partial charge on any atom is -0.208 e. The second-order valence-electron chi connectivity index (χ2n) is 3.95. The maximum atomic E-state index is 12.1.